The Balaban J connectivity index is 2.71. The normalized spacial score (nSPS) is 11.2. The highest BCUT2D eigenvalue weighted by molar-refractivity contribution is 5.75. The molecule has 2 heterocycles. The van der Waals surface area contributed by atoms with E-state index in [1.807, 2.05) is 0 Å². The Labute approximate surface area is 91.6 Å². The Bertz CT molecular complexity index is 545. The third-order valence-corrected chi connectivity index (χ3v) is 2.21. The van der Waals surface area contributed by atoms with Crippen LogP contribution in [-0.2, 0) is 9.47 Å². The topological polar surface area (TPSA) is 61.6 Å². The standard InChI is InChI=1S/C11H11NO4/c1-14-11(15-2)7-6-9(13)16-8-4-3-5-12-10(7)8/h3-6,11H,1-2H3. The van der Waals surface area contributed by atoms with Crippen molar-refractivity contribution in [2.75, 3.05) is 14.2 Å². The van der Waals surface area contributed by atoms with Gasteiger partial charge in [0.25, 0.3) is 0 Å². The van der Waals surface area contributed by atoms with Crippen LogP contribution >= 0.6 is 0 Å². The Morgan fingerprint density at radius 2 is 2.12 bits per heavy atom. The Kier molecular flexibility index (Phi) is 2.98. The third kappa shape index (κ3) is 1.82. The minimum absolute atomic E-state index is 0.420. The van der Waals surface area contributed by atoms with Crippen molar-refractivity contribution in [3.8, 4) is 0 Å². The summed E-state index contributed by atoms with van der Waals surface area (Å²) in [6.07, 6.45) is 0.996. The maximum absolute atomic E-state index is 11.3. The minimum Gasteiger partial charge on any atom is -0.421 e. The Hall–Kier alpha value is -1.72. The predicted octanol–water partition coefficient (Wildman–Crippen LogP) is 1.48. The van der Waals surface area contributed by atoms with E-state index in [0.717, 1.165) is 0 Å². The summed E-state index contributed by atoms with van der Waals surface area (Å²) in [7, 11) is 3.00. The van der Waals surface area contributed by atoms with Gasteiger partial charge in [-0.05, 0) is 12.1 Å². The molecule has 0 amide bonds. The van der Waals surface area contributed by atoms with Gasteiger partial charge in [0.2, 0.25) is 0 Å². The predicted molar refractivity (Wildman–Crippen MR) is 57.0 cm³/mol. The van der Waals surface area contributed by atoms with Gasteiger partial charge in [-0.2, -0.15) is 0 Å². The number of fused-ring (bicyclic) bond motifs is 1. The molecule has 0 unspecified atom stereocenters. The van der Waals surface area contributed by atoms with Crippen LogP contribution in [0.5, 0.6) is 0 Å². The summed E-state index contributed by atoms with van der Waals surface area (Å²) in [5.41, 5.74) is 1.10. The van der Waals surface area contributed by atoms with Crippen molar-refractivity contribution in [3.63, 3.8) is 0 Å². The summed E-state index contributed by atoms with van der Waals surface area (Å²) in [5.74, 6) is 0. The van der Waals surface area contributed by atoms with Crippen molar-refractivity contribution >= 4 is 11.1 Å². The quantitative estimate of drug-likeness (QED) is 0.734. The van der Waals surface area contributed by atoms with Gasteiger partial charge >= 0.3 is 5.63 Å². The van der Waals surface area contributed by atoms with Crippen LogP contribution in [0.4, 0.5) is 0 Å². The lowest BCUT2D eigenvalue weighted by molar-refractivity contribution is -0.105. The van der Waals surface area contributed by atoms with Gasteiger partial charge in [0, 0.05) is 32.0 Å². The molecular weight excluding hydrogens is 210 g/mol. The first kappa shape index (κ1) is 10.8. The molecule has 0 spiro atoms. The number of rotatable bonds is 3. The number of methoxy groups -OCH3 is 2. The summed E-state index contributed by atoms with van der Waals surface area (Å²) in [5, 5.41) is 0. The molecule has 0 saturated heterocycles. The number of ether oxygens (including phenoxy) is 2. The maximum atomic E-state index is 11.3. The van der Waals surface area contributed by atoms with E-state index < -0.39 is 11.9 Å². The second-order valence-corrected chi connectivity index (χ2v) is 3.17. The number of aromatic nitrogens is 1. The van der Waals surface area contributed by atoms with Crippen molar-refractivity contribution < 1.29 is 13.9 Å². The SMILES string of the molecule is COC(OC)c1cc(=O)oc2cccnc12. The molecule has 2 aromatic rings. The first-order valence-electron chi connectivity index (χ1n) is 4.70. The van der Waals surface area contributed by atoms with E-state index in [1.165, 1.54) is 20.3 Å². The molecule has 0 N–H and O–H groups in total. The molecule has 0 atom stereocenters. The van der Waals surface area contributed by atoms with Crippen LogP contribution in [0, 0.1) is 0 Å². The molecule has 0 fully saturated rings. The second kappa shape index (κ2) is 4.42. The van der Waals surface area contributed by atoms with Gasteiger partial charge in [-0.1, -0.05) is 0 Å². The summed E-state index contributed by atoms with van der Waals surface area (Å²) in [6, 6.07) is 4.70. The van der Waals surface area contributed by atoms with Crippen LogP contribution in [0.3, 0.4) is 0 Å². The van der Waals surface area contributed by atoms with E-state index in [9.17, 15) is 4.79 Å². The van der Waals surface area contributed by atoms with E-state index in [0.29, 0.717) is 16.7 Å². The highest BCUT2D eigenvalue weighted by atomic mass is 16.7. The highest BCUT2D eigenvalue weighted by Crippen LogP contribution is 2.23. The minimum atomic E-state index is -0.624. The third-order valence-electron chi connectivity index (χ3n) is 2.21. The largest absolute Gasteiger partial charge is 0.421 e. The van der Waals surface area contributed by atoms with Crippen LogP contribution < -0.4 is 5.63 Å². The average Bonchev–Trinajstić information content (AvgIpc) is 2.30. The van der Waals surface area contributed by atoms with E-state index in [1.54, 1.807) is 18.3 Å². The first-order valence-corrected chi connectivity index (χ1v) is 4.70. The molecule has 0 radical (unpaired) electrons. The van der Waals surface area contributed by atoms with E-state index in [-0.39, 0.29) is 0 Å². The summed E-state index contributed by atoms with van der Waals surface area (Å²) in [6.45, 7) is 0. The lowest BCUT2D eigenvalue weighted by atomic mass is 10.2. The number of hydrogen-bond donors (Lipinski definition) is 0. The van der Waals surface area contributed by atoms with Gasteiger partial charge in [0.1, 0.15) is 5.52 Å². The first-order chi connectivity index (χ1) is 7.76. The van der Waals surface area contributed by atoms with Crippen LogP contribution in [0.2, 0.25) is 0 Å². The molecule has 0 saturated carbocycles. The summed E-state index contributed by atoms with van der Waals surface area (Å²) < 4.78 is 15.2. The van der Waals surface area contributed by atoms with Crippen LogP contribution in [0.15, 0.2) is 33.6 Å². The second-order valence-electron chi connectivity index (χ2n) is 3.17. The number of hydrogen-bond acceptors (Lipinski definition) is 5. The Morgan fingerprint density at radius 1 is 1.38 bits per heavy atom. The summed E-state index contributed by atoms with van der Waals surface area (Å²) >= 11 is 0. The lowest BCUT2D eigenvalue weighted by Gasteiger charge is -2.13. The molecule has 2 rings (SSSR count). The lowest BCUT2D eigenvalue weighted by Crippen LogP contribution is -2.09. The fourth-order valence-electron chi connectivity index (χ4n) is 1.55. The van der Waals surface area contributed by atoms with E-state index in [4.69, 9.17) is 13.9 Å². The molecule has 5 heteroatoms. The molecule has 5 nitrogen and oxygen atoms in total. The van der Waals surface area contributed by atoms with Gasteiger partial charge in [-0.25, -0.2) is 4.79 Å². The van der Waals surface area contributed by atoms with Crippen LogP contribution in [0.1, 0.15) is 11.9 Å². The van der Waals surface area contributed by atoms with E-state index >= 15 is 0 Å². The van der Waals surface area contributed by atoms with Crippen LogP contribution in [0.25, 0.3) is 11.1 Å². The fraction of sp³-hybridized carbons (Fsp3) is 0.273. The molecule has 84 valence electrons. The van der Waals surface area contributed by atoms with E-state index in [2.05, 4.69) is 4.98 Å². The van der Waals surface area contributed by atoms with Crippen molar-refractivity contribution in [1.82, 2.24) is 4.98 Å². The number of nitrogens with zero attached hydrogens (tertiary/aromatic N) is 1. The highest BCUT2D eigenvalue weighted by Gasteiger charge is 2.15. The molecule has 0 aliphatic heterocycles. The van der Waals surface area contributed by atoms with Gasteiger partial charge in [0.15, 0.2) is 11.9 Å². The van der Waals surface area contributed by atoms with Gasteiger partial charge in [-0.3, -0.25) is 4.98 Å². The molecular formula is C11H11NO4. The monoisotopic (exact) mass is 221 g/mol. The molecule has 2 aromatic heterocycles. The molecule has 0 aromatic carbocycles. The summed E-state index contributed by atoms with van der Waals surface area (Å²) in [4.78, 5) is 15.5. The van der Waals surface area contributed by atoms with Gasteiger partial charge in [-0.15, -0.1) is 0 Å². The maximum Gasteiger partial charge on any atom is 0.336 e. The zero-order chi connectivity index (χ0) is 11.5. The molecule has 16 heavy (non-hydrogen) atoms. The zero-order valence-corrected chi connectivity index (χ0v) is 8.97. The van der Waals surface area contributed by atoms with Crippen LogP contribution in [-0.4, -0.2) is 19.2 Å². The van der Waals surface area contributed by atoms with Gasteiger partial charge < -0.3 is 13.9 Å². The molecule has 0 aliphatic carbocycles. The molecule has 0 bridgehead atoms. The van der Waals surface area contributed by atoms with Crippen molar-refractivity contribution in [2.45, 2.75) is 6.29 Å². The van der Waals surface area contributed by atoms with Gasteiger partial charge in [0.05, 0.1) is 0 Å². The fourth-order valence-corrected chi connectivity index (χ4v) is 1.55. The molecule has 0 aliphatic rings. The number of pyridine rings is 1. The zero-order valence-electron chi connectivity index (χ0n) is 8.97. The smallest absolute Gasteiger partial charge is 0.336 e. The van der Waals surface area contributed by atoms with Crippen molar-refractivity contribution in [3.05, 3.63) is 40.4 Å². The van der Waals surface area contributed by atoms with Crippen molar-refractivity contribution in [2.24, 2.45) is 0 Å². The van der Waals surface area contributed by atoms with Crippen molar-refractivity contribution in [1.29, 1.82) is 0 Å². The average molecular weight is 221 g/mol. The Morgan fingerprint density at radius 3 is 2.81 bits per heavy atom.